The van der Waals surface area contributed by atoms with Crippen LogP contribution < -0.4 is 5.32 Å². The van der Waals surface area contributed by atoms with Crippen molar-refractivity contribution in [1.29, 1.82) is 0 Å². The molecule has 82 valence electrons. The van der Waals surface area contributed by atoms with Gasteiger partial charge in [0, 0.05) is 0 Å². The molecule has 0 aliphatic heterocycles. The largest absolute Gasteiger partial charge is 0.352 e. The van der Waals surface area contributed by atoms with Gasteiger partial charge in [0.2, 0.25) is 6.41 Å². The van der Waals surface area contributed by atoms with Crippen molar-refractivity contribution in [2.24, 2.45) is 0 Å². The number of carbonyl (C=O) groups is 1. The molecule has 2 nitrogen and oxygen atoms in total. The number of rotatable bonds is 2. The first-order chi connectivity index (χ1) is 7.42. The Balaban J connectivity index is 0.000000531. The van der Waals surface area contributed by atoms with Crippen molar-refractivity contribution < 1.29 is 4.79 Å². The lowest BCUT2D eigenvalue weighted by molar-refractivity contribution is -0.110. The molecule has 0 fully saturated rings. The average Bonchev–Trinajstić information content (AvgIpc) is 2.33. The Bertz CT molecular complexity index is 309. The number of carbonyl (C=O) groups excluding carboxylic acids is 1. The second-order valence-corrected chi connectivity index (χ2v) is 3.43. The van der Waals surface area contributed by atoms with Crippen LogP contribution in [-0.4, -0.2) is 6.41 Å². The van der Waals surface area contributed by atoms with Crippen LogP contribution in [0.2, 0.25) is 0 Å². The van der Waals surface area contributed by atoms with E-state index < -0.39 is 0 Å². The molecule has 1 aliphatic rings. The molecule has 2 heteroatoms. The van der Waals surface area contributed by atoms with Gasteiger partial charge in [-0.1, -0.05) is 38.1 Å². The molecule has 1 unspecified atom stereocenters. The highest BCUT2D eigenvalue weighted by Gasteiger charge is 2.18. The summed E-state index contributed by atoms with van der Waals surface area (Å²) in [6, 6.07) is 8.58. The molecule has 0 saturated heterocycles. The van der Waals surface area contributed by atoms with Crippen LogP contribution in [0.25, 0.3) is 0 Å². The van der Waals surface area contributed by atoms with Gasteiger partial charge >= 0.3 is 0 Å². The van der Waals surface area contributed by atoms with Crippen molar-refractivity contribution in [2.45, 2.75) is 39.2 Å². The number of amides is 1. The minimum absolute atomic E-state index is 0.238. The third-order valence-electron chi connectivity index (χ3n) is 2.64. The van der Waals surface area contributed by atoms with Gasteiger partial charge < -0.3 is 5.32 Å². The van der Waals surface area contributed by atoms with E-state index in [0.29, 0.717) is 0 Å². The van der Waals surface area contributed by atoms with Gasteiger partial charge in [0.15, 0.2) is 0 Å². The Morgan fingerprint density at radius 2 is 2.07 bits per heavy atom. The summed E-state index contributed by atoms with van der Waals surface area (Å²) in [6.45, 7) is 4.00. The van der Waals surface area contributed by atoms with Crippen LogP contribution in [0, 0.1) is 0 Å². The third kappa shape index (κ3) is 2.82. The van der Waals surface area contributed by atoms with E-state index in [1.807, 2.05) is 19.9 Å². The summed E-state index contributed by atoms with van der Waals surface area (Å²) in [5.74, 6) is 0. The number of fused-ring (bicyclic) bond motifs is 1. The topological polar surface area (TPSA) is 29.1 Å². The smallest absolute Gasteiger partial charge is 0.207 e. The van der Waals surface area contributed by atoms with Crippen LogP contribution >= 0.6 is 0 Å². The number of nitrogens with one attached hydrogen (secondary N) is 1. The van der Waals surface area contributed by atoms with Crippen LogP contribution in [0.4, 0.5) is 0 Å². The van der Waals surface area contributed by atoms with Gasteiger partial charge in [-0.2, -0.15) is 0 Å². The quantitative estimate of drug-likeness (QED) is 0.739. The second kappa shape index (κ2) is 6.23. The van der Waals surface area contributed by atoms with E-state index in [9.17, 15) is 4.79 Å². The van der Waals surface area contributed by atoms with Gasteiger partial charge in [0.1, 0.15) is 0 Å². The molecule has 1 aromatic rings. The van der Waals surface area contributed by atoms with Crippen LogP contribution in [0.5, 0.6) is 0 Å². The SMILES string of the molecule is CC.O=CNC1CCCc2ccccc21. The molecule has 15 heavy (non-hydrogen) atoms. The molecule has 0 aromatic heterocycles. The van der Waals surface area contributed by atoms with Gasteiger partial charge in [-0.05, 0) is 30.4 Å². The zero-order valence-corrected chi connectivity index (χ0v) is 9.49. The summed E-state index contributed by atoms with van der Waals surface area (Å²) in [6.07, 6.45) is 4.18. The Morgan fingerprint density at radius 1 is 1.33 bits per heavy atom. The summed E-state index contributed by atoms with van der Waals surface area (Å²) in [5.41, 5.74) is 2.67. The van der Waals surface area contributed by atoms with E-state index in [4.69, 9.17) is 0 Å². The highest BCUT2D eigenvalue weighted by atomic mass is 16.1. The Hall–Kier alpha value is -1.31. The van der Waals surface area contributed by atoms with Crippen LogP contribution in [0.15, 0.2) is 24.3 Å². The lowest BCUT2D eigenvalue weighted by Gasteiger charge is -2.24. The fourth-order valence-corrected chi connectivity index (χ4v) is 2.01. The lowest BCUT2D eigenvalue weighted by Crippen LogP contribution is -2.23. The molecule has 1 aromatic carbocycles. The van der Waals surface area contributed by atoms with Crippen LogP contribution in [-0.2, 0) is 11.2 Å². The maximum atomic E-state index is 10.4. The highest BCUT2D eigenvalue weighted by Crippen LogP contribution is 2.28. The van der Waals surface area contributed by atoms with Gasteiger partial charge in [-0.3, -0.25) is 4.79 Å². The van der Waals surface area contributed by atoms with E-state index in [1.165, 1.54) is 17.5 Å². The molecule has 0 spiro atoms. The number of aryl methyl sites for hydroxylation is 1. The molecule has 0 heterocycles. The van der Waals surface area contributed by atoms with Crippen molar-refractivity contribution in [2.75, 3.05) is 0 Å². The van der Waals surface area contributed by atoms with Crippen molar-refractivity contribution >= 4 is 6.41 Å². The minimum Gasteiger partial charge on any atom is -0.352 e. The molecule has 0 bridgehead atoms. The molecule has 0 radical (unpaired) electrons. The first-order valence-electron chi connectivity index (χ1n) is 5.69. The Kier molecular flexibility index (Phi) is 4.88. The fourth-order valence-electron chi connectivity index (χ4n) is 2.01. The fraction of sp³-hybridized carbons (Fsp3) is 0.462. The van der Waals surface area contributed by atoms with Gasteiger partial charge in [-0.15, -0.1) is 0 Å². The van der Waals surface area contributed by atoms with E-state index >= 15 is 0 Å². The highest BCUT2D eigenvalue weighted by molar-refractivity contribution is 5.48. The lowest BCUT2D eigenvalue weighted by atomic mass is 9.88. The van der Waals surface area contributed by atoms with E-state index in [1.54, 1.807) is 0 Å². The second-order valence-electron chi connectivity index (χ2n) is 3.43. The van der Waals surface area contributed by atoms with Crippen molar-refractivity contribution in [3.05, 3.63) is 35.4 Å². The number of hydrogen-bond donors (Lipinski definition) is 1. The maximum Gasteiger partial charge on any atom is 0.207 e. The summed E-state index contributed by atoms with van der Waals surface area (Å²) >= 11 is 0. The zero-order chi connectivity index (χ0) is 11.1. The summed E-state index contributed by atoms with van der Waals surface area (Å²) < 4.78 is 0. The van der Waals surface area contributed by atoms with Gasteiger partial charge in [0.25, 0.3) is 0 Å². The zero-order valence-electron chi connectivity index (χ0n) is 9.49. The van der Waals surface area contributed by atoms with E-state index in [0.717, 1.165) is 19.3 Å². The molecule has 1 N–H and O–H groups in total. The Labute approximate surface area is 91.7 Å². The Morgan fingerprint density at radius 3 is 2.80 bits per heavy atom. The molecule has 0 saturated carbocycles. The summed E-state index contributed by atoms with van der Waals surface area (Å²) in [5, 5.41) is 2.86. The van der Waals surface area contributed by atoms with Crippen molar-refractivity contribution in [3.63, 3.8) is 0 Å². The van der Waals surface area contributed by atoms with Gasteiger partial charge in [0.05, 0.1) is 6.04 Å². The molecule has 1 atom stereocenters. The molecule has 1 amide bonds. The maximum absolute atomic E-state index is 10.4. The van der Waals surface area contributed by atoms with Crippen molar-refractivity contribution in [1.82, 2.24) is 5.32 Å². The van der Waals surface area contributed by atoms with Crippen LogP contribution in [0.1, 0.15) is 43.9 Å². The average molecular weight is 205 g/mol. The van der Waals surface area contributed by atoms with Crippen LogP contribution in [0.3, 0.4) is 0 Å². The predicted molar refractivity (Wildman–Crippen MR) is 62.7 cm³/mol. The minimum atomic E-state index is 0.238. The normalized spacial score (nSPS) is 18.1. The van der Waals surface area contributed by atoms with E-state index in [-0.39, 0.29) is 6.04 Å². The number of benzene rings is 1. The molecule has 2 rings (SSSR count). The van der Waals surface area contributed by atoms with Gasteiger partial charge in [-0.25, -0.2) is 0 Å². The molecular formula is C13H19NO. The monoisotopic (exact) mass is 205 g/mol. The van der Waals surface area contributed by atoms with E-state index in [2.05, 4.69) is 23.5 Å². The predicted octanol–water partition coefficient (Wildman–Crippen LogP) is 2.84. The number of hydrogen-bond acceptors (Lipinski definition) is 1. The first-order valence-corrected chi connectivity index (χ1v) is 5.69. The summed E-state index contributed by atoms with van der Waals surface area (Å²) in [4.78, 5) is 10.4. The first kappa shape index (κ1) is 11.8. The summed E-state index contributed by atoms with van der Waals surface area (Å²) in [7, 11) is 0. The molecular weight excluding hydrogens is 186 g/mol. The molecule has 1 aliphatic carbocycles. The third-order valence-corrected chi connectivity index (χ3v) is 2.64. The van der Waals surface area contributed by atoms with Crippen molar-refractivity contribution in [3.8, 4) is 0 Å². The standard InChI is InChI=1S/C11H13NO.C2H6/c13-8-12-11-7-3-5-9-4-1-2-6-10(9)11;1-2/h1-2,4,6,8,11H,3,5,7H2,(H,12,13);1-2H3.